The van der Waals surface area contributed by atoms with Gasteiger partial charge in [-0.1, -0.05) is 41.0 Å². The van der Waals surface area contributed by atoms with Gasteiger partial charge in [0.1, 0.15) is 0 Å². The van der Waals surface area contributed by atoms with Crippen LogP contribution >= 0.6 is 0 Å². The molecule has 0 aliphatic heterocycles. The van der Waals surface area contributed by atoms with Gasteiger partial charge in [-0.15, -0.1) is 0 Å². The number of ether oxygens (including phenoxy) is 3. The molecule has 0 aliphatic rings. The Labute approximate surface area is 193 Å². The van der Waals surface area contributed by atoms with Crippen molar-refractivity contribution >= 4 is 17.9 Å². The Morgan fingerprint density at radius 2 is 1.19 bits per heavy atom. The minimum Gasteiger partial charge on any atom is -0.550 e. The van der Waals surface area contributed by atoms with Crippen molar-refractivity contribution in [1.82, 2.24) is 0 Å². The molecule has 0 heterocycles. The Kier molecular flexibility index (Phi) is 26.1. The lowest BCUT2D eigenvalue weighted by Gasteiger charge is -2.19. The highest BCUT2D eigenvalue weighted by Gasteiger charge is 2.11. The number of hydrogen-bond donors (Lipinski definition) is 0. The first-order valence-electron chi connectivity index (χ1n) is 11.3. The Bertz CT molecular complexity index is 466. The summed E-state index contributed by atoms with van der Waals surface area (Å²) in [5.74, 6) is -4.09. The number of carbonyl (C=O) groups excluding carboxylic acids is 3. The van der Waals surface area contributed by atoms with E-state index in [-0.39, 0.29) is 31.8 Å². The standard InChI is InChI=1S/C10H18O5.C8H16O4.C5H12/c1-3-7(2)15-5-4-8(10(13)14)6-9(11)12;1-3-7(2)12-5-4-11-6-8(9)10;1-4-5(2)3/h7-8H,3-6H2,1-2H3,(H,11,12)(H,13,14);7H,3-6H2,1-2H3,(H,9,10);5H,4H2,1-3H3/p-3. The highest BCUT2D eigenvalue weighted by Crippen LogP contribution is 2.08. The maximum absolute atomic E-state index is 10.5. The van der Waals surface area contributed by atoms with Gasteiger partial charge >= 0.3 is 0 Å². The molecule has 0 rings (SSSR count). The van der Waals surface area contributed by atoms with Gasteiger partial charge in [0, 0.05) is 24.5 Å². The molecular formula is C23H43O9-3. The fourth-order valence-electron chi connectivity index (χ4n) is 1.62. The molecule has 0 spiro atoms. The SMILES string of the molecule is CCC(C)C.CCC(C)OCCC(CC(=O)[O-])C(=O)[O-].CCC(C)OCCOCC(=O)[O-]. The molecule has 3 unspecified atom stereocenters. The number of rotatable bonds is 16. The molecule has 9 nitrogen and oxygen atoms in total. The summed E-state index contributed by atoms with van der Waals surface area (Å²) in [6.07, 6.45) is 2.95. The Morgan fingerprint density at radius 3 is 1.53 bits per heavy atom. The van der Waals surface area contributed by atoms with Gasteiger partial charge in [-0.3, -0.25) is 0 Å². The van der Waals surface area contributed by atoms with Crippen LogP contribution in [0.2, 0.25) is 0 Å². The molecule has 0 N–H and O–H groups in total. The van der Waals surface area contributed by atoms with E-state index in [1.54, 1.807) is 0 Å². The predicted molar refractivity (Wildman–Crippen MR) is 115 cm³/mol. The van der Waals surface area contributed by atoms with Crippen LogP contribution in [0.1, 0.15) is 80.6 Å². The molecule has 3 atom stereocenters. The van der Waals surface area contributed by atoms with Crippen LogP contribution < -0.4 is 15.3 Å². The van der Waals surface area contributed by atoms with Gasteiger partial charge in [-0.05, 0) is 45.4 Å². The zero-order valence-corrected chi connectivity index (χ0v) is 20.8. The number of carboxylic acid groups (broad SMARTS) is 3. The second-order valence-electron chi connectivity index (χ2n) is 7.79. The smallest absolute Gasteiger partial charge is 0.0862 e. The van der Waals surface area contributed by atoms with E-state index >= 15 is 0 Å². The molecule has 0 aliphatic carbocycles. The Hall–Kier alpha value is -1.71. The zero-order valence-electron chi connectivity index (χ0n) is 20.8. The molecule has 0 saturated carbocycles. The second kappa shape index (κ2) is 23.9. The van der Waals surface area contributed by atoms with Gasteiger partial charge in [0.05, 0.1) is 38.0 Å². The van der Waals surface area contributed by atoms with Crippen LogP contribution in [-0.4, -0.2) is 56.5 Å². The lowest BCUT2D eigenvalue weighted by Crippen LogP contribution is -2.37. The van der Waals surface area contributed by atoms with Gasteiger partial charge < -0.3 is 43.9 Å². The average Bonchev–Trinajstić information content (AvgIpc) is 2.72. The van der Waals surface area contributed by atoms with Crippen molar-refractivity contribution in [2.24, 2.45) is 11.8 Å². The van der Waals surface area contributed by atoms with Crippen molar-refractivity contribution in [2.75, 3.05) is 26.4 Å². The summed E-state index contributed by atoms with van der Waals surface area (Å²) in [6.45, 7) is 15.0. The van der Waals surface area contributed by atoms with E-state index in [1.165, 1.54) is 6.42 Å². The van der Waals surface area contributed by atoms with E-state index in [0.29, 0.717) is 13.2 Å². The van der Waals surface area contributed by atoms with Gasteiger partial charge in [-0.25, -0.2) is 0 Å². The lowest BCUT2D eigenvalue weighted by molar-refractivity contribution is -0.321. The van der Waals surface area contributed by atoms with Gasteiger partial charge in [0.25, 0.3) is 0 Å². The summed E-state index contributed by atoms with van der Waals surface area (Å²) in [4.78, 5) is 30.6. The van der Waals surface area contributed by atoms with Crippen LogP contribution in [0.5, 0.6) is 0 Å². The van der Waals surface area contributed by atoms with E-state index in [0.717, 1.165) is 18.8 Å². The molecule has 192 valence electrons. The van der Waals surface area contributed by atoms with Crippen molar-refractivity contribution in [1.29, 1.82) is 0 Å². The highest BCUT2D eigenvalue weighted by molar-refractivity contribution is 5.75. The minimum atomic E-state index is -1.38. The largest absolute Gasteiger partial charge is 0.550 e. The van der Waals surface area contributed by atoms with Crippen molar-refractivity contribution in [2.45, 2.75) is 92.8 Å². The number of aliphatic carboxylic acids is 3. The molecule has 0 saturated heterocycles. The molecule has 9 heteroatoms. The third-order valence-corrected chi connectivity index (χ3v) is 4.43. The summed E-state index contributed by atoms with van der Waals surface area (Å²) in [6, 6.07) is 0. The summed E-state index contributed by atoms with van der Waals surface area (Å²) in [7, 11) is 0. The molecule has 0 aromatic rings. The first-order valence-corrected chi connectivity index (χ1v) is 11.3. The summed E-state index contributed by atoms with van der Waals surface area (Å²) in [5.41, 5.74) is 0. The summed E-state index contributed by atoms with van der Waals surface area (Å²) in [5, 5.41) is 30.6. The second-order valence-corrected chi connectivity index (χ2v) is 7.79. The normalized spacial score (nSPS) is 13.1. The van der Waals surface area contributed by atoms with Gasteiger partial charge in [-0.2, -0.15) is 0 Å². The zero-order chi connectivity index (χ0) is 25.5. The van der Waals surface area contributed by atoms with E-state index in [4.69, 9.17) is 14.2 Å². The van der Waals surface area contributed by atoms with Crippen molar-refractivity contribution in [3.8, 4) is 0 Å². The molecule has 0 aromatic heterocycles. The van der Waals surface area contributed by atoms with Crippen molar-refractivity contribution in [3.05, 3.63) is 0 Å². The Morgan fingerprint density at radius 1 is 0.719 bits per heavy atom. The predicted octanol–water partition coefficient (Wildman–Crippen LogP) is 0.318. The quantitative estimate of drug-likeness (QED) is 0.295. The first-order chi connectivity index (χ1) is 14.9. The minimum absolute atomic E-state index is 0.0513. The van der Waals surface area contributed by atoms with Crippen LogP contribution in [0.3, 0.4) is 0 Å². The molecule has 0 radical (unpaired) electrons. The third-order valence-electron chi connectivity index (χ3n) is 4.43. The lowest BCUT2D eigenvalue weighted by atomic mass is 10.0. The molecular weight excluding hydrogens is 420 g/mol. The summed E-state index contributed by atoms with van der Waals surface area (Å²) < 4.78 is 15.2. The fraction of sp³-hybridized carbons (Fsp3) is 0.870. The summed E-state index contributed by atoms with van der Waals surface area (Å²) >= 11 is 0. The van der Waals surface area contributed by atoms with Crippen molar-refractivity contribution < 1.29 is 43.9 Å². The van der Waals surface area contributed by atoms with Gasteiger partial charge in [0.15, 0.2) is 0 Å². The fourth-order valence-corrected chi connectivity index (χ4v) is 1.62. The number of carboxylic acids is 3. The number of carbonyl (C=O) groups is 3. The van der Waals surface area contributed by atoms with E-state index in [1.807, 2.05) is 27.7 Å². The monoisotopic (exact) mass is 463 g/mol. The molecule has 0 amide bonds. The van der Waals surface area contributed by atoms with E-state index in [9.17, 15) is 29.7 Å². The van der Waals surface area contributed by atoms with E-state index < -0.39 is 30.2 Å². The Balaban J connectivity index is -0.000000441. The number of hydrogen-bond acceptors (Lipinski definition) is 9. The van der Waals surface area contributed by atoms with Crippen LogP contribution in [0.25, 0.3) is 0 Å². The molecule has 0 fully saturated rings. The highest BCUT2D eigenvalue weighted by atomic mass is 16.5. The maximum Gasteiger partial charge on any atom is 0.0862 e. The van der Waals surface area contributed by atoms with Crippen molar-refractivity contribution in [3.63, 3.8) is 0 Å². The molecule has 0 aromatic carbocycles. The van der Waals surface area contributed by atoms with E-state index in [2.05, 4.69) is 20.8 Å². The van der Waals surface area contributed by atoms with Crippen LogP contribution in [0.15, 0.2) is 0 Å². The molecule has 0 bridgehead atoms. The topological polar surface area (TPSA) is 148 Å². The maximum atomic E-state index is 10.5. The van der Waals surface area contributed by atoms with Crippen LogP contribution in [0.4, 0.5) is 0 Å². The first kappa shape index (κ1) is 34.9. The average molecular weight is 464 g/mol. The van der Waals surface area contributed by atoms with Gasteiger partial charge in [0.2, 0.25) is 0 Å². The molecule has 32 heavy (non-hydrogen) atoms. The van der Waals surface area contributed by atoms with Crippen LogP contribution in [-0.2, 0) is 28.6 Å². The third kappa shape index (κ3) is 30.5. The van der Waals surface area contributed by atoms with Crippen LogP contribution in [0, 0.1) is 11.8 Å².